The maximum Gasteiger partial charge on any atom is 0.407 e. The summed E-state index contributed by atoms with van der Waals surface area (Å²) >= 11 is 0. The van der Waals surface area contributed by atoms with Crippen molar-refractivity contribution in [1.29, 1.82) is 0 Å². The lowest BCUT2D eigenvalue weighted by Crippen LogP contribution is -2.30. The van der Waals surface area contributed by atoms with Gasteiger partial charge in [-0.3, -0.25) is 9.59 Å². The SMILES string of the molecule is CC(C)CC(=O)OCC(C)OC(=O)NCc1cccc(CNC(=O)OC(C)COC(=O)CC(C)C)c1. The van der Waals surface area contributed by atoms with Crippen LogP contribution in [0.2, 0.25) is 0 Å². The second-order valence-electron chi connectivity index (χ2n) is 9.52. The second-order valence-corrected chi connectivity index (χ2v) is 9.52. The van der Waals surface area contributed by atoms with Crippen LogP contribution in [0.5, 0.6) is 0 Å². The Morgan fingerprint density at radius 1 is 0.694 bits per heavy atom. The summed E-state index contributed by atoms with van der Waals surface area (Å²) < 4.78 is 20.6. The summed E-state index contributed by atoms with van der Waals surface area (Å²) in [6, 6.07) is 7.28. The van der Waals surface area contributed by atoms with Gasteiger partial charge in [0.05, 0.1) is 0 Å². The summed E-state index contributed by atoms with van der Waals surface area (Å²) in [6.45, 7) is 11.4. The van der Waals surface area contributed by atoms with Gasteiger partial charge in [-0.05, 0) is 36.8 Å². The van der Waals surface area contributed by atoms with E-state index in [-0.39, 0.29) is 50.1 Å². The highest BCUT2D eigenvalue weighted by atomic mass is 16.6. The Morgan fingerprint density at radius 3 is 1.44 bits per heavy atom. The fraction of sp³-hybridized carbons (Fsp3) is 0.615. The number of benzene rings is 1. The highest BCUT2D eigenvalue weighted by Crippen LogP contribution is 2.07. The van der Waals surface area contributed by atoms with Crippen LogP contribution in [-0.4, -0.2) is 49.5 Å². The zero-order valence-electron chi connectivity index (χ0n) is 22.1. The van der Waals surface area contributed by atoms with Crippen LogP contribution in [0, 0.1) is 11.8 Å². The average molecular weight is 509 g/mol. The molecule has 10 heteroatoms. The molecule has 0 aliphatic carbocycles. The number of alkyl carbamates (subject to hydrolysis) is 2. The molecular weight excluding hydrogens is 468 g/mol. The van der Waals surface area contributed by atoms with Crippen molar-refractivity contribution < 1.29 is 38.1 Å². The average Bonchev–Trinajstić information content (AvgIpc) is 2.78. The first-order chi connectivity index (χ1) is 16.9. The summed E-state index contributed by atoms with van der Waals surface area (Å²) in [6.07, 6.45) is -1.79. The molecule has 2 amide bonds. The Balaban J connectivity index is 2.35. The van der Waals surface area contributed by atoms with E-state index in [2.05, 4.69) is 10.6 Å². The summed E-state index contributed by atoms with van der Waals surface area (Å²) in [7, 11) is 0. The monoisotopic (exact) mass is 508 g/mol. The van der Waals surface area contributed by atoms with E-state index in [1.807, 2.05) is 45.9 Å². The van der Waals surface area contributed by atoms with Gasteiger partial charge in [0.2, 0.25) is 0 Å². The number of carbonyl (C=O) groups is 4. The van der Waals surface area contributed by atoms with Crippen LogP contribution in [0.1, 0.15) is 65.5 Å². The fourth-order valence-electron chi connectivity index (χ4n) is 2.92. The van der Waals surface area contributed by atoms with Gasteiger partial charge >= 0.3 is 24.1 Å². The summed E-state index contributed by atoms with van der Waals surface area (Å²) in [5.41, 5.74) is 1.61. The molecule has 202 valence electrons. The van der Waals surface area contributed by atoms with E-state index in [0.717, 1.165) is 11.1 Å². The Kier molecular flexibility index (Phi) is 14.0. The molecule has 10 nitrogen and oxygen atoms in total. The summed E-state index contributed by atoms with van der Waals surface area (Å²) in [5, 5.41) is 5.30. The summed E-state index contributed by atoms with van der Waals surface area (Å²) in [5.74, 6) is -0.254. The van der Waals surface area contributed by atoms with Crippen molar-refractivity contribution in [2.75, 3.05) is 13.2 Å². The third kappa shape index (κ3) is 14.9. The number of ether oxygens (including phenoxy) is 4. The van der Waals surface area contributed by atoms with Gasteiger partial charge in [-0.2, -0.15) is 0 Å². The van der Waals surface area contributed by atoms with E-state index in [1.54, 1.807) is 19.9 Å². The zero-order valence-corrected chi connectivity index (χ0v) is 22.1. The van der Waals surface area contributed by atoms with Gasteiger partial charge in [0.25, 0.3) is 0 Å². The first kappa shape index (κ1) is 30.7. The van der Waals surface area contributed by atoms with Gasteiger partial charge < -0.3 is 29.6 Å². The van der Waals surface area contributed by atoms with Gasteiger partial charge in [0.1, 0.15) is 25.4 Å². The Morgan fingerprint density at radius 2 is 1.08 bits per heavy atom. The number of carbonyl (C=O) groups excluding carboxylic acids is 4. The van der Waals surface area contributed by atoms with Crippen molar-refractivity contribution in [3.8, 4) is 0 Å². The molecule has 0 aliphatic heterocycles. The van der Waals surface area contributed by atoms with E-state index in [9.17, 15) is 19.2 Å². The van der Waals surface area contributed by atoms with E-state index in [0.29, 0.717) is 12.8 Å². The van der Waals surface area contributed by atoms with Crippen LogP contribution in [0.3, 0.4) is 0 Å². The molecule has 0 fully saturated rings. The smallest absolute Gasteiger partial charge is 0.407 e. The molecule has 2 unspecified atom stereocenters. The molecule has 2 N–H and O–H groups in total. The molecule has 0 spiro atoms. The first-order valence-corrected chi connectivity index (χ1v) is 12.2. The van der Waals surface area contributed by atoms with Gasteiger partial charge in [-0.1, -0.05) is 52.0 Å². The molecule has 1 rings (SSSR count). The molecule has 0 heterocycles. The topological polar surface area (TPSA) is 129 Å². The van der Waals surface area contributed by atoms with Crippen molar-refractivity contribution in [2.24, 2.45) is 11.8 Å². The summed E-state index contributed by atoms with van der Waals surface area (Å²) in [4.78, 5) is 47.2. The van der Waals surface area contributed by atoms with Crippen LogP contribution >= 0.6 is 0 Å². The van der Waals surface area contributed by atoms with Crippen molar-refractivity contribution in [3.05, 3.63) is 35.4 Å². The molecule has 0 radical (unpaired) electrons. The zero-order chi connectivity index (χ0) is 27.1. The first-order valence-electron chi connectivity index (χ1n) is 12.2. The molecule has 1 aromatic rings. The van der Waals surface area contributed by atoms with Crippen molar-refractivity contribution in [3.63, 3.8) is 0 Å². The van der Waals surface area contributed by atoms with Crippen molar-refractivity contribution in [2.45, 2.75) is 79.7 Å². The van der Waals surface area contributed by atoms with Crippen LogP contribution in [-0.2, 0) is 41.6 Å². The normalized spacial score (nSPS) is 12.4. The minimum absolute atomic E-state index is 0.00474. The van der Waals surface area contributed by atoms with E-state index in [1.165, 1.54) is 0 Å². The third-order valence-electron chi connectivity index (χ3n) is 4.59. The number of esters is 2. The van der Waals surface area contributed by atoms with Crippen LogP contribution < -0.4 is 10.6 Å². The predicted molar refractivity (Wildman–Crippen MR) is 133 cm³/mol. The van der Waals surface area contributed by atoms with Crippen LogP contribution in [0.4, 0.5) is 9.59 Å². The lowest BCUT2D eigenvalue weighted by molar-refractivity contribution is -0.148. The van der Waals surface area contributed by atoms with Crippen molar-refractivity contribution in [1.82, 2.24) is 10.6 Å². The highest BCUT2D eigenvalue weighted by molar-refractivity contribution is 5.70. The molecule has 1 aromatic carbocycles. The molecule has 36 heavy (non-hydrogen) atoms. The van der Waals surface area contributed by atoms with Gasteiger partial charge in [-0.15, -0.1) is 0 Å². The molecule has 0 bridgehead atoms. The third-order valence-corrected chi connectivity index (χ3v) is 4.59. The minimum atomic E-state index is -0.627. The molecular formula is C26H40N2O8. The maximum absolute atomic E-state index is 12.0. The quantitative estimate of drug-likeness (QED) is 0.284. The Labute approximate surface area is 213 Å². The number of hydrogen-bond acceptors (Lipinski definition) is 8. The van der Waals surface area contributed by atoms with E-state index in [4.69, 9.17) is 18.9 Å². The molecule has 0 aromatic heterocycles. The maximum atomic E-state index is 12.0. The standard InChI is InChI=1S/C26H40N2O8/c1-17(2)10-23(29)33-15-19(5)35-25(31)27-13-21-8-7-9-22(12-21)14-28-26(32)36-20(6)16-34-24(30)11-18(3)4/h7-9,12,17-20H,10-11,13-16H2,1-6H3,(H,27,31)(H,28,32). The van der Waals surface area contributed by atoms with Gasteiger partial charge in [0, 0.05) is 25.9 Å². The fourth-order valence-corrected chi connectivity index (χ4v) is 2.92. The van der Waals surface area contributed by atoms with Crippen LogP contribution in [0.25, 0.3) is 0 Å². The largest absolute Gasteiger partial charge is 0.462 e. The lowest BCUT2D eigenvalue weighted by atomic mass is 10.1. The number of rotatable bonds is 14. The van der Waals surface area contributed by atoms with Gasteiger partial charge in [0.15, 0.2) is 0 Å². The Hall–Kier alpha value is -3.30. The molecule has 0 saturated carbocycles. The van der Waals surface area contributed by atoms with E-state index >= 15 is 0 Å². The number of hydrogen-bond donors (Lipinski definition) is 2. The second kappa shape index (κ2) is 16.4. The lowest BCUT2D eigenvalue weighted by Gasteiger charge is -2.15. The highest BCUT2D eigenvalue weighted by Gasteiger charge is 2.14. The Bertz CT molecular complexity index is 791. The van der Waals surface area contributed by atoms with Crippen molar-refractivity contribution >= 4 is 24.1 Å². The number of nitrogens with one attached hydrogen (secondary N) is 2. The molecule has 2 atom stereocenters. The van der Waals surface area contributed by atoms with Gasteiger partial charge in [-0.25, -0.2) is 9.59 Å². The predicted octanol–water partition coefficient (Wildman–Crippen LogP) is 4.09. The number of amides is 2. The minimum Gasteiger partial charge on any atom is -0.462 e. The van der Waals surface area contributed by atoms with E-state index < -0.39 is 24.4 Å². The molecule has 0 aliphatic rings. The molecule has 0 saturated heterocycles. The van der Waals surface area contributed by atoms with Crippen LogP contribution in [0.15, 0.2) is 24.3 Å².